The average molecular weight is 467 g/mol. The molecule has 0 unspecified atom stereocenters. The summed E-state index contributed by atoms with van der Waals surface area (Å²) >= 11 is 0.942. The lowest BCUT2D eigenvalue weighted by Gasteiger charge is -2.14. The Labute approximate surface area is 186 Å². The predicted molar refractivity (Wildman–Crippen MR) is 121 cm³/mol. The molecule has 2 N–H and O–H groups in total. The maximum atomic E-state index is 13.2. The summed E-state index contributed by atoms with van der Waals surface area (Å²) in [5.74, 6) is -0.0374. The number of para-hydroxylation sites is 2. The second kappa shape index (κ2) is 8.09. The fourth-order valence-electron chi connectivity index (χ4n) is 3.16. The second-order valence-electron chi connectivity index (χ2n) is 6.88. The summed E-state index contributed by atoms with van der Waals surface area (Å²) in [5.41, 5.74) is 2.72. The SMILES string of the molecule is O=S(=O)(Nc1nc2ccccc2nc1NCc1ccc(F)cc1)c1cccc2nsnc12. The molecule has 0 saturated heterocycles. The van der Waals surface area contributed by atoms with E-state index in [1.807, 2.05) is 6.07 Å². The first-order valence-electron chi connectivity index (χ1n) is 9.49. The van der Waals surface area contributed by atoms with Gasteiger partial charge in [0.05, 0.1) is 22.8 Å². The molecule has 5 aromatic rings. The normalized spacial score (nSPS) is 11.7. The van der Waals surface area contributed by atoms with Crippen LogP contribution in [0.25, 0.3) is 22.1 Å². The minimum atomic E-state index is -4.03. The molecule has 0 atom stereocenters. The van der Waals surface area contributed by atoms with E-state index in [4.69, 9.17) is 0 Å². The van der Waals surface area contributed by atoms with Crippen molar-refractivity contribution in [2.24, 2.45) is 0 Å². The molecule has 0 aliphatic carbocycles. The molecule has 0 aliphatic rings. The van der Waals surface area contributed by atoms with E-state index in [1.54, 1.807) is 42.5 Å². The minimum absolute atomic E-state index is 0.00296. The Kier molecular flexibility index (Phi) is 5.11. The summed E-state index contributed by atoms with van der Waals surface area (Å²) in [5, 5.41) is 3.10. The van der Waals surface area contributed by atoms with Gasteiger partial charge < -0.3 is 5.32 Å². The fraction of sp³-hybridized carbons (Fsp3) is 0.0476. The zero-order valence-electron chi connectivity index (χ0n) is 16.4. The Morgan fingerprint density at radius 3 is 2.25 bits per heavy atom. The van der Waals surface area contributed by atoms with Crippen molar-refractivity contribution in [3.63, 3.8) is 0 Å². The highest BCUT2D eigenvalue weighted by molar-refractivity contribution is 7.93. The Balaban J connectivity index is 1.53. The van der Waals surface area contributed by atoms with E-state index in [0.717, 1.165) is 17.3 Å². The van der Waals surface area contributed by atoms with Crippen LogP contribution in [0, 0.1) is 5.82 Å². The van der Waals surface area contributed by atoms with Crippen molar-refractivity contribution in [3.05, 3.63) is 78.1 Å². The highest BCUT2D eigenvalue weighted by Gasteiger charge is 2.22. The molecule has 5 rings (SSSR count). The smallest absolute Gasteiger partial charge is 0.265 e. The van der Waals surface area contributed by atoms with Crippen LogP contribution in [0.15, 0.2) is 71.6 Å². The third-order valence-electron chi connectivity index (χ3n) is 4.71. The van der Waals surface area contributed by atoms with Crippen molar-refractivity contribution in [2.75, 3.05) is 10.0 Å². The number of fused-ring (bicyclic) bond motifs is 2. The maximum absolute atomic E-state index is 13.2. The quantitative estimate of drug-likeness (QED) is 0.386. The zero-order chi connectivity index (χ0) is 22.1. The van der Waals surface area contributed by atoms with Crippen molar-refractivity contribution >= 4 is 55.5 Å². The van der Waals surface area contributed by atoms with Crippen molar-refractivity contribution in [1.29, 1.82) is 0 Å². The van der Waals surface area contributed by atoms with E-state index < -0.39 is 10.0 Å². The van der Waals surface area contributed by atoms with Gasteiger partial charge in [0.15, 0.2) is 11.6 Å². The number of nitrogens with zero attached hydrogens (tertiary/aromatic N) is 4. The molecule has 11 heteroatoms. The molecular formula is C21H15FN6O2S2. The predicted octanol–water partition coefficient (Wildman–Crippen LogP) is 4.19. The topological polar surface area (TPSA) is 110 Å². The number of rotatable bonds is 6. The van der Waals surface area contributed by atoms with Crippen LogP contribution in [-0.4, -0.2) is 27.1 Å². The third-order valence-corrected chi connectivity index (χ3v) is 6.63. The largest absolute Gasteiger partial charge is 0.363 e. The van der Waals surface area contributed by atoms with E-state index in [2.05, 4.69) is 28.8 Å². The molecule has 160 valence electrons. The first-order chi connectivity index (χ1) is 15.5. The highest BCUT2D eigenvalue weighted by atomic mass is 32.2. The molecule has 2 heterocycles. The minimum Gasteiger partial charge on any atom is -0.363 e. The maximum Gasteiger partial charge on any atom is 0.265 e. The van der Waals surface area contributed by atoms with Crippen molar-refractivity contribution in [2.45, 2.75) is 11.4 Å². The lowest BCUT2D eigenvalue weighted by Crippen LogP contribution is -2.17. The van der Waals surface area contributed by atoms with E-state index in [-0.39, 0.29) is 22.3 Å². The van der Waals surface area contributed by atoms with Crippen molar-refractivity contribution in [1.82, 2.24) is 18.7 Å². The van der Waals surface area contributed by atoms with Gasteiger partial charge in [-0.25, -0.2) is 22.8 Å². The first-order valence-corrected chi connectivity index (χ1v) is 11.7. The molecule has 0 aliphatic heterocycles. The molecule has 3 aromatic carbocycles. The van der Waals surface area contributed by atoms with Gasteiger partial charge in [0.2, 0.25) is 0 Å². The van der Waals surface area contributed by atoms with Crippen LogP contribution < -0.4 is 10.0 Å². The molecule has 8 nitrogen and oxygen atoms in total. The van der Waals surface area contributed by atoms with Gasteiger partial charge >= 0.3 is 0 Å². The van der Waals surface area contributed by atoms with E-state index in [1.165, 1.54) is 18.2 Å². The highest BCUT2D eigenvalue weighted by Crippen LogP contribution is 2.27. The number of halogens is 1. The molecular weight excluding hydrogens is 451 g/mol. The summed E-state index contributed by atoms with van der Waals surface area (Å²) in [7, 11) is -4.03. The van der Waals surface area contributed by atoms with Crippen LogP contribution in [0.3, 0.4) is 0 Å². The van der Waals surface area contributed by atoms with Crippen LogP contribution in [0.5, 0.6) is 0 Å². The van der Waals surface area contributed by atoms with Crippen molar-refractivity contribution < 1.29 is 12.8 Å². The van der Waals surface area contributed by atoms with Gasteiger partial charge in [-0.3, -0.25) is 4.72 Å². The fourth-order valence-corrected chi connectivity index (χ4v) is 4.94. The molecule has 0 amide bonds. The van der Waals surface area contributed by atoms with E-state index >= 15 is 0 Å². The number of sulfonamides is 1. The number of aromatic nitrogens is 4. The van der Waals surface area contributed by atoms with Gasteiger partial charge in [0, 0.05) is 6.54 Å². The summed E-state index contributed by atoms with van der Waals surface area (Å²) in [6.45, 7) is 0.299. The summed E-state index contributed by atoms with van der Waals surface area (Å²) in [6.07, 6.45) is 0. The Morgan fingerprint density at radius 2 is 1.50 bits per heavy atom. The lowest BCUT2D eigenvalue weighted by atomic mass is 10.2. The van der Waals surface area contributed by atoms with Crippen LogP contribution in [0.2, 0.25) is 0 Å². The molecule has 0 bridgehead atoms. The van der Waals surface area contributed by atoms with Gasteiger partial charge in [0.25, 0.3) is 10.0 Å². The molecule has 0 spiro atoms. The number of hydrogen-bond donors (Lipinski definition) is 2. The Bertz CT molecular complexity index is 1540. The first kappa shape index (κ1) is 20.2. The van der Waals surface area contributed by atoms with Gasteiger partial charge in [0.1, 0.15) is 21.7 Å². The molecule has 0 radical (unpaired) electrons. The standard InChI is InChI=1S/C21H15FN6O2S2/c22-14-10-8-13(9-11-14)12-23-20-21(25-16-5-2-1-4-15(16)24-20)28-32(29,30)18-7-3-6-17-19(18)27-31-26-17/h1-11H,12H2,(H,23,24)(H,25,28). The second-order valence-corrected chi connectivity index (χ2v) is 9.06. The molecule has 32 heavy (non-hydrogen) atoms. The Morgan fingerprint density at radius 1 is 0.812 bits per heavy atom. The molecule has 2 aromatic heterocycles. The Hall–Kier alpha value is -3.70. The van der Waals surface area contributed by atoms with E-state index in [0.29, 0.717) is 28.6 Å². The van der Waals surface area contributed by atoms with Crippen LogP contribution >= 0.6 is 11.7 Å². The van der Waals surface area contributed by atoms with Gasteiger partial charge in [-0.2, -0.15) is 8.75 Å². The summed E-state index contributed by atoms with van der Waals surface area (Å²) in [4.78, 5) is 9.01. The monoisotopic (exact) mass is 466 g/mol. The van der Waals surface area contributed by atoms with Crippen LogP contribution in [0.1, 0.15) is 5.56 Å². The third kappa shape index (κ3) is 3.95. The number of anilines is 2. The summed E-state index contributed by atoms with van der Waals surface area (Å²) < 4.78 is 50.3. The van der Waals surface area contributed by atoms with Crippen LogP contribution in [0.4, 0.5) is 16.0 Å². The molecule has 0 fully saturated rings. The van der Waals surface area contributed by atoms with Gasteiger partial charge in [-0.05, 0) is 42.0 Å². The zero-order valence-corrected chi connectivity index (χ0v) is 18.0. The summed E-state index contributed by atoms with van der Waals surface area (Å²) in [6, 6.07) is 17.9. The van der Waals surface area contributed by atoms with Crippen molar-refractivity contribution in [3.8, 4) is 0 Å². The van der Waals surface area contributed by atoms with Crippen LogP contribution in [-0.2, 0) is 16.6 Å². The van der Waals surface area contributed by atoms with Gasteiger partial charge in [-0.15, -0.1) is 0 Å². The number of hydrogen-bond acceptors (Lipinski definition) is 8. The number of benzene rings is 3. The number of nitrogens with one attached hydrogen (secondary N) is 2. The average Bonchev–Trinajstić information content (AvgIpc) is 3.27. The lowest BCUT2D eigenvalue weighted by molar-refractivity contribution is 0.601. The molecule has 0 saturated carbocycles. The van der Waals surface area contributed by atoms with Gasteiger partial charge in [-0.1, -0.05) is 30.3 Å². The van der Waals surface area contributed by atoms with E-state index in [9.17, 15) is 12.8 Å².